The van der Waals surface area contributed by atoms with Crippen LogP contribution in [0.5, 0.6) is 11.5 Å². The number of hydrogen-bond acceptors (Lipinski definition) is 7. The number of nitro groups is 1. The van der Waals surface area contributed by atoms with E-state index in [0.717, 1.165) is 29.1 Å². The summed E-state index contributed by atoms with van der Waals surface area (Å²) in [6.45, 7) is 1.12. The summed E-state index contributed by atoms with van der Waals surface area (Å²) in [6, 6.07) is 9.11. The van der Waals surface area contributed by atoms with Crippen molar-refractivity contribution in [1.29, 1.82) is 0 Å². The van der Waals surface area contributed by atoms with Crippen LogP contribution in [0.3, 0.4) is 0 Å². The van der Waals surface area contributed by atoms with Crippen LogP contribution in [0.1, 0.15) is 6.42 Å². The molecule has 0 atom stereocenters. The molecule has 10 heteroatoms. The van der Waals surface area contributed by atoms with E-state index < -0.39 is 14.9 Å². The molecule has 0 aromatic heterocycles. The van der Waals surface area contributed by atoms with Gasteiger partial charge in [-0.3, -0.25) is 10.1 Å². The van der Waals surface area contributed by atoms with Crippen LogP contribution in [0, 0.1) is 10.1 Å². The average molecular weight is 396 g/mol. The van der Waals surface area contributed by atoms with E-state index in [-0.39, 0.29) is 10.6 Å². The SMILES string of the molecule is CNS(=O)(=O)c1ccc(Sc2ccc3c(c2)OCCCO3)c([N+](=O)[O-])c1. The number of rotatable bonds is 5. The first-order valence-electron chi connectivity index (χ1n) is 7.70. The number of sulfonamides is 1. The normalized spacial score (nSPS) is 13.9. The van der Waals surface area contributed by atoms with E-state index in [4.69, 9.17) is 9.47 Å². The maximum atomic E-state index is 11.9. The minimum atomic E-state index is -3.76. The molecule has 138 valence electrons. The Morgan fingerprint density at radius 1 is 1.12 bits per heavy atom. The zero-order valence-corrected chi connectivity index (χ0v) is 15.4. The number of ether oxygens (including phenoxy) is 2. The van der Waals surface area contributed by atoms with Gasteiger partial charge in [-0.05, 0) is 37.4 Å². The fourth-order valence-corrected chi connectivity index (χ4v) is 4.03. The number of hydrogen-bond donors (Lipinski definition) is 1. The van der Waals surface area contributed by atoms with E-state index in [0.29, 0.717) is 29.6 Å². The van der Waals surface area contributed by atoms with Crippen molar-refractivity contribution in [2.45, 2.75) is 21.1 Å². The summed E-state index contributed by atoms with van der Waals surface area (Å²) in [4.78, 5) is 11.7. The van der Waals surface area contributed by atoms with Crippen molar-refractivity contribution < 1.29 is 22.8 Å². The fraction of sp³-hybridized carbons (Fsp3) is 0.250. The van der Waals surface area contributed by atoms with Crippen molar-refractivity contribution >= 4 is 27.5 Å². The highest BCUT2D eigenvalue weighted by Gasteiger charge is 2.21. The first-order valence-corrected chi connectivity index (χ1v) is 10.00. The molecular weight excluding hydrogens is 380 g/mol. The van der Waals surface area contributed by atoms with Gasteiger partial charge in [-0.25, -0.2) is 13.1 Å². The van der Waals surface area contributed by atoms with E-state index in [1.807, 2.05) is 0 Å². The second kappa shape index (κ2) is 7.52. The quantitative estimate of drug-likeness (QED) is 0.611. The van der Waals surface area contributed by atoms with Gasteiger partial charge in [0.2, 0.25) is 10.0 Å². The minimum Gasteiger partial charge on any atom is -0.490 e. The Morgan fingerprint density at radius 2 is 1.85 bits per heavy atom. The molecule has 0 amide bonds. The third-order valence-corrected chi connectivity index (χ3v) is 6.12. The molecule has 0 radical (unpaired) electrons. The van der Waals surface area contributed by atoms with Gasteiger partial charge in [0, 0.05) is 17.4 Å². The molecule has 3 rings (SSSR count). The molecule has 26 heavy (non-hydrogen) atoms. The van der Waals surface area contributed by atoms with Crippen LogP contribution in [0.25, 0.3) is 0 Å². The molecule has 1 N–H and O–H groups in total. The average Bonchev–Trinajstić information content (AvgIpc) is 2.86. The van der Waals surface area contributed by atoms with Crippen LogP contribution in [-0.4, -0.2) is 33.6 Å². The zero-order valence-electron chi connectivity index (χ0n) is 13.8. The number of nitrogens with one attached hydrogen (secondary N) is 1. The van der Waals surface area contributed by atoms with Gasteiger partial charge in [-0.2, -0.15) is 0 Å². The Bertz CT molecular complexity index is 946. The zero-order chi connectivity index (χ0) is 18.7. The molecule has 0 saturated carbocycles. The van der Waals surface area contributed by atoms with Crippen molar-refractivity contribution in [2.75, 3.05) is 20.3 Å². The molecule has 1 aliphatic heterocycles. The third kappa shape index (κ3) is 3.92. The lowest BCUT2D eigenvalue weighted by Crippen LogP contribution is -2.18. The van der Waals surface area contributed by atoms with E-state index in [1.165, 1.54) is 19.2 Å². The van der Waals surface area contributed by atoms with E-state index in [9.17, 15) is 18.5 Å². The molecule has 1 aliphatic rings. The number of benzene rings is 2. The Labute approximate surface area is 154 Å². The summed E-state index contributed by atoms with van der Waals surface area (Å²) in [5.74, 6) is 1.22. The maximum absolute atomic E-state index is 11.9. The summed E-state index contributed by atoms with van der Waals surface area (Å²) in [7, 11) is -2.51. The van der Waals surface area contributed by atoms with Crippen LogP contribution in [-0.2, 0) is 10.0 Å². The van der Waals surface area contributed by atoms with Gasteiger partial charge in [0.1, 0.15) is 0 Å². The van der Waals surface area contributed by atoms with E-state index >= 15 is 0 Å². The molecule has 0 saturated heterocycles. The van der Waals surface area contributed by atoms with Gasteiger partial charge < -0.3 is 9.47 Å². The van der Waals surface area contributed by atoms with E-state index in [1.54, 1.807) is 18.2 Å². The van der Waals surface area contributed by atoms with Crippen LogP contribution in [0.15, 0.2) is 51.1 Å². The van der Waals surface area contributed by atoms with Crippen molar-refractivity contribution in [3.63, 3.8) is 0 Å². The molecule has 8 nitrogen and oxygen atoms in total. The maximum Gasteiger partial charge on any atom is 0.284 e. The summed E-state index contributed by atoms with van der Waals surface area (Å²) in [5, 5.41) is 11.4. The standard InChI is InChI=1S/C16H16N2O6S2/c1-17-26(21,22)12-4-6-16(13(10-12)18(19)20)25-11-3-5-14-15(9-11)24-8-2-7-23-14/h3-6,9-10,17H,2,7-8H2,1H3. The summed E-state index contributed by atoms with van der Waals surface area (Å²) >= 11 is 1.16. The van der Waals surface area contributed by atoms with Crippen LogP contribution >= 0.6 is 11.8 Å². The fourth-order valence-electron chi connectivity index (χ4n) is 2.35. The van der Waals surface area contributed by atoms with Crippen LogP contribution in [0.2, 0.25) is 0 Å². The largest absolute Gasteiger partial charge is 0.490 e. The summed E-state index contributed by atoms with van der Waals surface area (Å²) < 4.78 is 37.1. The lowest BCUT2D eigenvalue weighted by atomic mass is 10.3. The molecule has 0 aliphatic carbocycles. The first kappa shape index (κ1) is 18.5. The first-order chi connectivity index (χ1) is 12.4. The lowest BCUT2D eigenvalue weighted by molar-refractivity contribution is -0.388. The molecule has 0 unspecified atom stereocenters. The number of nitro benzene ring substituents is 1. The van der Waals surface area contributed by atoms with Gasteiger partial charge in [-0.1, -0.05) is 11.8 Å². The highest BCUT2D eigenvalue weighted by Crippen LogP contribution is 2.40. The van der Waals surface area contributed by atoms with Crippen LogP contribution < -0.4 is 14.2 Å². The van der Waals surface area contributed by atoms with Crippen molar-refractivity contribution in [2.24, 2.45) is 0 Å². The van der Waals surface area contributed by atoms with Gasteiger partial charge in [0.05, 0.1) is 27.9 Å². The highest BCUT2D eigenvalue weighted by atomic mass is 32.2. The topological polar surface area (TPSA) is 108 Å². The van der Waals surface area contributed by atoms with Gasteiger partial charge in [-0.15, -0.1) is 0 Å². The Morgan fingerprint density at radius 3 is 2.54 bits per heavy atom. The molecule has 2 aromatic carbocycles. The predicted octanol–water partition coefficient (Wildman–Crippen LogP) is 2.82. The van der Waals surface area contributed by atoms with Crippen LogP contribution in [0.4, 0.5) is 5.69 Å². The predicted molar refractivity (Wildman–Crippen MR) is 95.5 cm³/mol. The van der Waals surface area contributed by atoms with Gasteiger partial charge in [0.25, 0.3) is 5.69 Å². The summed E-state index contributed by atoms with van der Waals surface area (Å²) in [6.07, 6.45) is 0.782. The van der Waals surface area contributed by atoms with Crippen molar-refractivity contribution in [3.8, 4) is 11.5 Å². The lowest BCUT2D eigenvalue weighted by Gasteiger charge is -2.10. The number of nitrogens with zero attached hydrogens (tertiary/aromatic N) is 1. The second-order valence-corrected chi connectivity index (χ2v) is 8.36. The molecule has 0 fully saturated rings. The molecular formula is C16H16N2O6S2. The minimum absolute atomic E-state index is 0.158. The highest BCUT2D eigenvalue weighted by molar-refractivity contribution is 7.99. The number of fused-ring (bicyclic) bond motifs is 1. The smallest absolute Gasteiger partial charge is 0.284 e. The Kier molecular flexibility index (Phi) is 5.35. The molecule has 1 heterocycles. The molecule has 0 spiro atoms. The van der Waals surface area contributed by atoms with E-state index in [2.05, 4.69) is 4.72 Å². The summed E-state index contributed by atoms with van der Waals surface area (Å²) in [5.41, 5.74) is -0.279. The monoisotopic (exact) mass is 396 g/mol. The Hall–Kier alpha value is -2.30. The van der Waals surface area contributed by atoms with Crippen molar-refractivity contribution in [3.05, 3.63) is 46.5 Å². The van der Waals surface area contributed by atoms with Crippen molar-refractivity contribution in [1.82, 2.24) is 4.72 Å². The van der Waals surface area contributed by atoms with Gasteiger partial charge in [0.15, 0.2) is 11.5 Å². The van der Waals surface area contributed by atoms with Gasteiger partial charge >= 0.3 is 0 Å². The molecule has 0 bridgehead atoms. The third-order valence-electron chi connectivity index (χ3n) is 3.65. The second-order valence-electron chi connectivity index (χ2n) is 5.36. The molecule has 2 aromatic rings. The Balaban J connectivity index is 1.95.